The summed E-state index contributed by atoms with van der Waals surface area (Å²) in [7, 11) is 0. The minimum atomic E-state index is -0.129. The molecule has 1 aromatic carbocycles. The van der Waals surface area contributed by atoms with Crippen LogP contribution in [0.4, 0.5) is 5.69 Å². The molecule has 0 fully saturated rings. The molecule has 4 rings (SSSR count). The van der Waals surface area contributed by atoms with Crippen molar-refractivity contribution < 1.29 is 0 Å². The van der Waals surface area contributed by atoms with Crippen LogP contribution in [0.15, 0.2) is 65.0 Å². The normalized spacial score (nSPS) is 11.4. The Bertz CT molecular complexity index is 1130. The van der Waals surface area contributed by atoms with Gasteiger partial charge >= 0.3 is 0 Å². The maximum atomic E-state index is 12.6. The number of pyridine rings is 1. The molecule has 0 aliphatic rings. The highest BCUT2D eigenvalue weighted by Gasteiger charge is 2.11. The van der Waals surface area contributed by atoms with Gasteiger partial charge in [-0.1, -0.05) is 30.3 Å². The van der Waals surface area contributed by atoms with Gasteiger partial charge < -0.3 is 5.73 Å². The lowest BCUT2D eigenvalue weighted by Crippen LogP contribution is -2.14. The van der Waals surface area contributed by atoms with Gasteiger partial charge in [-0.2, -0.15) is 0 Å². The molecule has 0 amide bonds. The number of anilines is 1. The molecule has 0 bridgehead atoms. The van der Waals surface area contributed by atoms with E-state index in [1.165, 1.54) is 17.4 Å². The number of hydrogen-bond acceptors (Lipinski definition) is 5. The zero-order valence-corrected chi connectivity index (χ0v) is 14.0. The third-order valence-corrected chi connectivity index (χ3v) is 4.62. The third-order valence-electron chi connectivity index (χ3n) is 3.79. The highest BCUT2D eigenvalue weighted by Crippen LogP contribution is 2.28. The van der Waals surface area contributed by atoms with Crippen LogP contribution in [0.2, 0.25) is 0 Å². The first kappa shape index (κ1) is 15.3. The van der Waals surface area contributed by atoms with Gasteiger partial charge in [0.05, 0.1) is 11.4 Å². The van der Waals surface area contributed by atoms with Crippen LogP contribution in [0.1, 0.15) is 11.3 Å². The monoisotopic (exact) mass is 346 g/mol. The van der Waals surface area contributed by atoms with Crippen molar-refractivity contribution >= 4 is 34.1 Å². The Morgan fingerprint density at radius 1 is 1.12 bits per heavy atom. The van der Waals surface area contributed by atoms with E-state index >= 15 is 0 Å². The molecule has 4 aromatic rings. The minimum Gasteiger partial charge on any atom is -0.398 e. The number of fused-ring (bicyclic) bond motifs is 1. The Labute approximate surface area is 147 Å². The molecule has 3 heterocycles. The van der Waals surface area contributed by atoms with E-state index in [2.05, 4.69) is 9.97 Å². The molecule has 3 aromatic heterocycles. The van der Waals surface area contributed by atoms with Crippen molar-refractivity contribution in [2.75, 3.05) is 5.73 Å². The highest BCUT2D eigenvalue weighted by molar-refractivity contribution is 7.15. The fourth-order valence-corrected chi connectivity index (χ4v) is 3.50. The molecule has 6 heteroatoms. The van der Waals surface area contributed by atoms with E-state index in [1.54, 1.807) is 16.8 Å². The van der Waals surface area contributed by atoms with Crippen LogP contribution in [0.3, 0.4) is 0 Å². The maximum Gasteiger partial charge on any atom is 0.259 e. The summed E-state index contributed by atoms with van der Waals surface area (Å²) in [6, 6.07) is 12.8. The fraction of sp³-hybridized carbons (Fsp3) is 0. The van der Waals surface area contributed by atoms with E-state index < -0.39 is 0 Å². The lowest BCUT2D eigenvalue weighted by Gasteiger charge is -2.05. The number of thiazole rings is 1. The van der Waals surface area contributed by atoms with Crippen LogP contribution >= 0.6 is 11.3 Å². The predicted molar refractivity (Wildman–Crippen MR) is 102 cm³/mol. The number of nitrogens with two attached hydrogens (primary N) is 1. The number of benzene rings is 1. The predicted octanol–water partition coefficient (Wildman–Crippen LogP) is 3.57. The van der Waals surface area contributed by atoms with Crippen LogP contribution in [0.5, 0.6) is 0 Å². The van der Waals surface area contributed by atoms with E-state index in [0.717, 1.165) is 16.8 Å². The molecular weight excluding hydrogens is 332 g/mol. The zero-order chi connectivity index (χ0) is 17.2. The number of rotatable bonds is 3. The van der Waals surface area contributed by atoms with Crippen LogP contribution in [-0.4, -0.2) is 14.4 Å². The maximum absolute atomic E-state index is 12.6. The molecule has 0 atom stereocenters. The Hall–Kier alpha value is -3.25. The van der Waals surface area contributed by atoms with Gasteiger partial charge in [-0.25, -0.2) is 4.98 Å². The van der Waals surface area contributed by atoms with Crippen molar-refractivity contribution in [3.05, 3.63) is 81.8 Å². The second kappa shape index (κ2) is 6.33. The van der Waals surface area contributed by atoms with Gasteiger partial charge in [-0.3, -0.25) is 14.2 Å². The summed E-state index contributed by atoms with van der Waals surface area (Å²) in [4.78, 5) is 21.9. The highest BCUT2D eigenvalue weighted by atomic mass is 32.1. The van der Waals surface area contributed by atoms with Crippen molar-refractivity contribution in [2.45, 2.75) is 0 Å². The number of hydrogen-bond donors (Lipinski definition) is 1. The summed E-state index contributed by atoms with van der Waals surface area (Å²) < 4.78 is 1.60. The fourth-order valence-electron chi connectivity index (χ4n) is 2.60. The molecule has 0 radical (unpaired) electrons. The molecule has 0 aliphatic heterocycles. The molecule has 122 valence electrons. The van der Waals surface area contributed by atoms with Crippen molar-refractivity contribution in [1.82, 2.24) is 14.4 Å². The second-order valence-electron chi connectivity index (χ2n) is 5.47. The van der Waals surface area contributed by atoms with Crippen LogP contribution < -0.4 is 11.3 Å². The molecule has 2 N–H and O–H groups in total. The summed E-state index contributed by atoms with van der Waals surface area (Å²) >= 11 is 1.42. The first-order chi connectivity index (χ1) is 12.2. The summed E-state index contributed by atoms with van der Waals surface area (Å²) in [5.41, 5.74) is 9.71. The number of nitrogens with zero attached hydrogens (tertiary/aromatic N) is 3. The smallest absolute Gasteiger partial charge is 0.259 e. The van der Waals surface area contributed by atoms with Crippen molar-refractivity contribution in [3.8, 4) is 11.3 Å². The van der Waals surface area contributed by atoms with E-state index in [4.69, 9.17) is 5.73 Å². The molecule has 0 saturated heterocycles. The summed E-state index contributed by atoms with van der Waals surface area (Å²) in [5.74, 6) is 0. The molecule has 0 spiro atoms. The number of nitrogen functional groups attached to an aromatic ring is 1. The Morgan fingerprint density at radius 2 is 2.00 bits per heavy atom. The topological polar surface area (TPSA) is 73.3 Å². The lowest BCUT2D eigenvalue weighted by atomic mass is 10.1. The molecule has 25 heavy (non-hydrogen) atoms. The largest absolute Gasteiger partial charge is 0.398 e. The van der Waals surface area contributed by atoms with Gasteiger partial charge in [0.15, 0.2) is 4.96 Å². The van der Waals surface area contributed by atoms with Crippen LogP contribution in [-0.2, 0) is 0 Å². The third kappa shape index (κ3) is 2.95. The number of aromatic nitrogens is 3. The lowest BCUT2D eigenvalue weighted by molar-refractivity contribution is 1.08. The van der Waals surface area contributed by atoms with Gasteiger partial charge in [0.2, 0.25) is 0 Å². The zero-order valence-electron chi connectivity index (χ0n) is 13.2. The van der Waals surface area contributed by atoms with E-state index in [9.17, 15) is 4.79 Å². The molecular formula is C19H14N4OS. The molecule has 0 aliphatic carbocycles. The quantitative estimate of drug-likeness (QED) is 0.576. The van der Waals surface area contributed by atoms with Gasteiger partial charge in [0.1, 0.15) is 0 Å². The van der Waals surface area contributed by atoms with Crippen molar-refractivity contribution in [2.24, 2.45) is 0 Å². The summed E-state index contributed by atoms with van der Waals surface area (Å²) in [6.07, 6.45) is 7.17. The van der Waals surface area contributed by atoms with E-state index in [1.807, 2.05) is 53.9 Å². The van der Waals surface area contributed by atoms with E-state index in [-0.39, 0.29) is 5.56 Å². The average Bonchev–Trinajstić information content (AvgIpc) is 3.06. The minimum absolute atomic E-state index is 0.129. The van der Waals surface area contributed by atoms with E-state index in [0.29, 0.717) is 16.3 Å². The van der Waals surface area contributed by atoms with Crippen molar-refractivity contribution in [3.63, 3.8) is 0 Å². The van der Waals surface area contributed by atoms with Crippen LogP contribution in [0, 0.1) is 0 Å². The Balaban J connectivity index is 1.79. The van der Waals surface area contributed by atoms with Crippen molar-refractivity contribution in [1.29, 1.82) is 0 Å². The standard InChI is InChI=1S/C19H14N4OS/c20-16-6-2-1-5-15(16)17-12-25-19-22-14(10-18(24)23(17)19)8-7-13-4-3-9-21-11-13/h1-12H,20H2/b8-7+. The van der Waals surface area contributed by atoms with Gasteiger partial charge in [0.25, 0.3) is 5.56 Å². The Morgan fingerprint density at radius 3 is 2.80 bits per heavy atom. The first-order valence-corrected chi connectivity index (χ1v) is 8.54. The van der Waals surface area contributed by atoms with Crippen LogP contribution in [0.25, 0.3) is 28.4 Å². The van der Waals surface area contributed by atoms with Gasteiger partial charge in [-0.05, 0) is 23.8 Å². The summed E-state index contributed by atoms with van der Waals surface area (Å²) in [5, 5.41) is 1.91. The first-order valence-electron chi connectivity index (χ1n) is 7.67. The molecule has 0 saturated carbocycles. The Kier molecular flexibility index (Phi) is 3.87. The number of para-hydroxylation sites is 1. The average molecular weight is 346 g/mol. The summed E-state index contributed by atoms with van der Waals surface area (Å²) in [6.45, 7) is 0. The second-order valence-corrected chi connectivity index (χ2v) is 6.30. The SMILES string of the molecule is Nc1ccccc1-c1csc2nc(/C=C/c3cccnc3)cc(=O)n12. The van der Waals surface area contributed by atoms with Gasteiger partial charge in [-0.15, -0.1) is 11.3 Å². The molecule has 5 nitrogen and oxygen atoms in total. The molecule has 0 unspecified atom stereocenters. The van der Waals surface area contributed by atoms with Gasteiger partial charge in [0, 0.05) is 35.1 Å².